The van der Waals surface area contributed by atoms with Crippen molar-refractivity contribution in [3.05, 3.63) is 0 Å². The zero-order valence-electron chi connectivity index (χ0n) is 15.0. The lowest BCUT2D eigenvalue weighted by molar-refractivity contribution is -0.198. The third kappa shape index (κ3) is 1.99. The topological polar surface area (TPSA) is 60.7 Å². The molecule has 0 aliphatic heterocycles. The van der Waals surface area contributed by atoms with Crippen molar-refractivity contribution < 1.29 is 15.3 Å². The second-order valence-electron chi connectivity index (χ2n) is 10.4. The van der Waals surface area contributed by atoms with Crippen LogP contribution in [0.15, 0.2) is 0 Å². The van der Waals surface area contributed by atoms with Gasteiger partial charge in [0.2, 0.25) is 0 Å². The zero-order valence-corrected chi connectivity index (χ0v) is 15.0. The van der Waals surface area contributed by atoms with Gasteiger partial charge in [-0.1, -0.05) is 27.2 Å². The molecule has 3 N–H and O–H groups in total. The molecule has 1 spiro atoms. The molecular weight excluding hydrogens is 288 g/mol. The van der Waals surface area contributed by atoms with Crippen LogP contribution in [-0.2, 0) is 0 Å². The van der Waals surface area contributed by atoms with Gasteiger partial charge in [0.15, 0.2) is 0 Å². The molecule has 0 unspecified atom stereocenters. The Kier molecular flexibility index (Phi) is 3.37. The minimum Gasteiger partial charge on any atom is -0.393 e. The van der Waals surface area contributed by atoms with Crippen LogP contribution in [0.3, 0.4) is 0 Å². The molecule has 0 aromatic rings. The Morgan fingerprint density at radius 3 is 2.48 bits per heavy atom. The lowest BCUT2D eigenvalue weighted by Crippen LogP contribution is -2.61. The van der Waals surface area contributed by atoms with Crippen LogP contribution in [0.5, 0.6) is 0 Å². The molecule has 2 bridgehead atoms. The van der Waals surface area contributed by atoms with Crippen LogP contribution in [0.2, 0.25) is 0 Å². The lowest BCUT2D eigenvalue weighted by atomic mass is 9.40. The summed E-state index contributed by atoms with van der Waals surface area (Å²) in [6.07, 6.45) is 8.18. The van der Waals surface area contributed by atoms with Crippen molar-refractivity contribution in [3.63, 3.8) is 0 Å². The summed E-state index contributed by atoms with van der Waals surface area (Å²) in [7, 11) is 0. The maximum absolute atomic E-state index is 11.2. The highest BCUT2D eigenvalue weighted by molar-refractivity contribution is 5.18. The summed E-state index contributed by atoms with van der Waals surface area (Å²) in [4.78, 5) is 0. The summed E-state index contributed by atoms with van der Waals surface area (Å²) < 4.78 is 0. The summed E-state index contributed by atoms with van der Waals surface area (Å²) in [5, 5.41) is 31.9. The van der Waals surface area contributed by atoms with Crippen molar-refractivity contribution in [3.8, 4) is 0 Å². The third-order valence-electron chi connectivity index (χ3n) is 8.77. The van der Waals surface area contributed by atoms with E-state index in [4.69, 9.17) is 0 Å². The highest BCUT2D eigenvalue weighted by atomic mass is 16.3. The largest absolute Gasteiger partial charge is 0.393 e. The summed E-state index contributed by atoms with van der Waals surface area (Å²) in [6, 6.07) is 0. The van der Waals surface area contributed by atoms with Gasteiger partial charge >= 0.3 is 0 Å². The van der Waals surface area contributed by atoms with Gasteiger partial charge in [-0.3, -0.25) is 0 Å². The van der Waals surface area contributed by atoms with E-state index in [0.717, 1.165) is 19.3 Å². The molecule has 4 fully saturated rings. The van der Waals surface area contributed by atoms with Gasteiger partial charge in [-0.05, 0) is 78.9 Å². The quantitative estimate of drug-likeness (QED) is 0.695. The van der Waals surface area contributed by atoms with Crippen molar-refractivity contribution in [1.82, 2.24) is 0 Å². The molecule has 3 heteroatoms. The Morgan fingerprint density at radius 2 is 1.78 bits per heavy atom. The van der Waals surface area contributed by atoms with Crippen molar-refractivity contribution in [2.45, 2.75) is 83.8 Å². The number of hydrogen-bond donors (Lipinski definition) is 3. The van der Waals surface area contributed by atoms with Crippen molar-refractivity contribution in [1.29, 1.82) is 0 Å². The standard InChI is InChI=1S/C20H34O3/c1-17(2)7-4-8-18(3)15-6-5-13-9-19(15,10-14(22)16(17)18)11-20(13,23)12-21/h13-16,21-23H,4-12H2,1-3H3/t13-,14+,15-,16+,18-,19+,20-/m1/s1. The number of aliphatic hydroxyl groups excluding tert-OH is 2. The first-order valence-electron chi connectivity index (χ1n) is 9.68. The first-order valence-corrected chi connectivity index (χ1v) is 9.68. The van der Waals surface area contributed by atoms with Gasteiger partial charge in [-0.2, -0.15) is 0 Å². The fourth-order valence-corrected chi connectivity index (χ4v) is 8.34. The molecule has 0 aromatic carbocycles. The van der Waals surface area contributed by atoms with E-state index in [0.29, 0.717) is 18.3 Å². The lowest BCUT2D eigenvalue weighted by Gasteiger charge is -2.65. The minimum absolute atomic E-state index is 0.0541. The molecule has 0 amide bonds. The van der Waals surface area contributed by atoms with Crippen molar-refractivity contribution in [2.75, 3.05) is 6.61 Å². The van der Waals surface area contributed by atoms with E-state index < -0.39 is 5.60 Å². The Bertz CT molecular complexity index is 503. The molecule has 0 aromatic heterocycles. The molecule has 4 saturated carbocycles. The maximum atomic E-state index is 11.2. The highest BCUT2D eigenvalue weighted by Gasteiger charge is 2.68. The van der Waals surface area contributed by atoms with E-state index in [1.165, 1.54) is 25.7 Å². The minimum atomic E-state index is -0.901. The zero-order chi connectivity index (χ0) is 16.7. The van der Waals surface area contributed by atoms with Gasteiger partial charge < -0.3 is 15.3 Å². The van der Waals surface area contributed by atoms with Gasteiger partial charge in [0.05, 0.1) is 18.3 Å². The van der Waals surface area contributed by atoms with Crippen LogP contribution in [-0.4, -0.2) is 33.6 Å². The predicted molar refractivity (Wildman–Crippen MR) is 89.8 cm³/mol. The molecule has 4 aliphatic carbocycles. The molecule has 4 aliphatic rings. The second-order valence-corrected chi connectivity index (χ2v) is 10.4. The fourth-order valence-electron chi connectivity index (χ4n) is 8.34. The Morgan fingerprint density at radius 1 is 1.04 bits per heavy atom. The molecule has 132 valence electrons. The first-order chi connectivity index (χ1) is 10.7. The fraction of sp³-hybridized carbons (Fsp3) is 1.00. The van der Waals surface area contributed by atoms with Crippen molar-refractivity contribution >= 4 is 0 Å². The Hall–Kier alpha value is -0.120. The normalized spacial score (nSPS) is 57.7. The maximum Gasteiger partial charge on any atom is 0.0910 e. The van der Waals surface area contributed by atoms with E-state index in [1.807, 2.05) is 0 Å². The molecule has 23 heavy (non-hydrogen) atoms. The van der Waals surface area contributed by atoms with E-state index in [1.54, 1.807) is 0 Å². The Balaban J connectivity index is 1.76. The second kappa shape index (κ2) is 4.74. The number of hydrogen-bond acceptors (Lipinski definition) is 3. The van der Waals surface area contributed by atoms with Crippen LogP contribution in [0.1, 0.15) is 72.1 Å². The van der Waals surface area contributed by atoms with Crippen LogP contribution < -0.4 is 0 Å². The highest BCUT2D eigenvalue weighted by Crippen LogP contribution is 2.72. The van der Waals surface area contributed by atoms with Gasteiger partial charge in [-0.25, -0.2) is 0 Å². The van der Waals surface area contributed by atoms with Gasteiger partial charge in [0, 0.05) is 0 Å². The smallest absolute Gasteiger partial charge is 0.0910 e. The number of rotatable bonds is 1. The monoisotopic (exact) mass is 322 g/mol. The third-order valence-corrected chi connectivity index (χ3v) is 8.77. The molecule has 0 radical (unpaired) electrons. The van der Waals surface area contributed by atoms with E-state index >= 15 is 0 Å². The summed E-state index contributed by atoms with van der Waals surface area (Å²) in [6.45, 7) is 7.01. The van der Waals surface area contributed by atoms with Crippen LogP contribution in [0, 0.1) is 34.0 Å². The van der Waals surface area contributed by atoms with Crippen LogP contribution >= 0.6 is 0 Å². The summed E-state index contributed by atoms with van der Waals surface area (Å²) in [5.74, 6) is 1.20. The summed E-state index contributed by atoms with van der Waals surface area (Å²) in [5.41, 5.74) is -0.456. The SMILES string of the molecule is CC1(C)CCC[C@@]2(C)[C@H]1[C@@H](O)C[C@]13C[C@@H](CC[C@@H]12)[C@](O)(CO)C3. The predicted octanol–water partition coefficient (Wildman–Crippen LogP) is 3.11. The van der Waals surface area contributed by atoms with Crippen molar-refractivity contribution in [2.24, 2.45) is 34.0 Å². The van der Waals surface area contributed by atoms with E-state index in [-0.39, 0.29) is 34.9 Å². The number of aliphatic hydroxyl groups is 3. The van der Waals surface area contributed by atoms with E-state index in [9.17, 15) is 15.3 Å². The molecule has 7 atom stereocenters. The first kappa shape index (κ1) is 16.4. The average Bonchev–Trinajstić information content (AvgIpc) is 2.64. The van der Waals surface area contributed by atoms with Crippen LogP contribution in [0.4, 0.5) is 0 Å². The molecule has 4 rings (SSSR count). The van der Waals surface area contributed by atoms with Gasteiger partial charge in [-0.15, -0.1) is 0 Å². The molecule has 0 heterocycles. The molecular formula is C20H34O3. The van der Waals surface area contributed by atoms with Gasteiger partial charge in [0.1, 0.15) is 0 Å². The van der Waals surface area contributed by atoms with E-state index in [2.05, 4.69) is 20.8 Å². The van der Waals surface area contributed by atoms with Crippen LogP contribution in [0.25, 0.3) is 0 Å². The molecule has 0 saturated heterocycles. The number of fused-ring (bicyclic) bond motifs is 3. The van der Waals surface area contributed by atoms with Gasteiger partial charge in [0.25, 0.3) is 0 Å². The summed E-state index contributed by atoms with van der Waals surface area (Å²) >= 11 is 0. The Labute approximate surface area is 140 Å². The molecule has 3 nitrogen and oxygen atoms in total. The average molecular weight is 322 g/mol.